The van der Waals surface area contributed by atoms with E-state index in [-0.39, 0.29) is 20.1 Å². The molecule has 8 aromatic rings. The van der Waals surface area contributed by atoms with Gasteiger partial charge in [-0.2, -0.15) is 0 Å². The van der Waals surface area contributed by atoms with Gasteiger partial charge in [-0.25, -0.2) is 0 Å². The predicted molar refractivity (Wildman–Crippen MR) is 239 cm³/mol. The van der Waals surface area contributed by atoms with E-state index >= 15 is 0 Å². The van der Waals surface area contributed by atoms with Crippen molar-refractivity contribution in [2.45, 2.75) is 25.7 Å². The Morgan fingerprint density at radius 3 is 1.61 bits per heavy atom. The SMILES string of the molecule is c1ccc(B2c3ccccc3N(c3ccccc3)c3cc4c5c(c32)Cc2cc3c(cc2B5c2ccccc2C4)B2c4ccccc4Cc4cccc(c42)C3)cc1. The Balaban J connectivity index is 1.10. The van der Waals surface area contributed by atoms with E-state index in [0.717, 1.165) is 25.7 Å². The van der Waals surface area contributed by atoms with E-state index in [0.29, 0.717) is 0 Å². The third-order valence-electron chi connectivity index (χ3n) is 13.9. The van der Waals surface area contributed by atoms with Gasteiger partial charge in [0.25, 0.3) is 0 Å². The van der Waals surface area contributed by atoms with Crippen molar-refractivity contribution in [3.8, 4) is 0 Å². The Kier molecular flexibility index (Phi) is 6.44. The standard InChI is InChI=1S/C52H36B3N/c1-3-18-40(19-4-1)53-45-24-11-12-25-48(45)56(41-20-5-2-6-21-41)49-31-39-27-34-15-8-10-23-44(34)55-47-32-46-37(29-38(47)30-42(51(39)55)52(49)53)28-36-17-13-16-35-26-33-14-7-9-22-43(33)54(46)50(35)36/h1-25,29,31-32H,26-28,30H2. The molecule has 0 unspecified atom stereocenters. The van der Waals surface area contributed by atoms with Gasteiger partial charge in [0.05, 0.1) is 0 Å². The van der Waals surface area contributed by atoms with E-state index in [9.17, 15) is 0 Å². The van der Waals surface area contributed by atoms with Gasteiger partial charge in [-0.1, -0.05) is 189 Å². The predicted octanol–water partition coefficient (Wildman–Crippen LogP) is 4.64. The van der Waals surface area contributed by atoms with Crippen molar-refractivity contribution in [1.29, 1.82) is 0 Å². The molecule has 4 heteroatoms. The molecule has 5 heterocycles. The first kappa shape index (κ1) is 31.0. The number of nitrogens with zero attached hydrogens (tertiary/aromatic N) is 1. The van der Waals surface area contributed by atoms with E-state index in [1.807, 2.05) is 0 Å². The fourth-order valence-electron chi connectivity index (χ4n) is 11.7. The number of hydrogen-bond donors (Lipinski definition) is 0. The Morgan fingerprint density at radius 2 is 0.875 bits per heavy atom. The molecule has 0 fully saturated rings. The topological polar surface area (TPSA) is 3.24 Å². The lowest BCUT2D eigenvalue weighted by Crippen LogP contribution is -2.67. The van der Waals surface area contributed by atoms with Crippen LogP contribution in [0.3, 0.4) is 0 Å². The minimum atomic E-state index is 0.128. The maximum atomic E-state index is 2.69. The first-order valence-corrected chi connectivity index (χ1v) is 20.4. The van der Waals surface area contributed by atoms with Crippen LogP contribution in [-0.2, 0) is 25.7 Å². The lowest BCUT2D eigenvalue weighted by molar-refractivity contribution is 1.12. The molecule has 0 amide bonds. The van der Waals surface area contributed by atoms with E-state index < -0.39 is 0 Å². The molecule has 0 spiro atoms. The van der Waals surface area contributed by atoms with Crippen molar-refractivity contribution >= 4 is 86.4 Å². The second kappa shape index (κ2) is 11.6. The van der Waals surface area contributed by atoms with E-state index in [2.05, 4.69) is 175 Å². The quantitative estimate of drug-likeness (QED) is 0.237. The molecule has 0 aromatic heterocycles. The molecule has 258 valence electrons. The van der Waals surface area contributed by atoms with Crippen LogP contribution < -0.4 is 54.1 Å². The molecule has 13 rings (SSSR count). The average molecular weight is 707 g/mol. The fraction of sp³-hybridized carbons (Fsp3) is 0.0769. The van der Waals surface area contributed by atoms with Gasteiger partial charge in [0, 0.05) is 17.1 Å². The van der Waals surface area contributed by atoms with Gasteiger partial charge in [0.15, 0.2) is 0 Å². The highest BCUT2D eigenvalue weighted by atomic mass is 15.1. The van der Waals surface area contributed by atoms with Crippen molar-refractivity contribution in [3.63, 3.8) is 0 Å². The van der Waals surface area contributed by atoms with Crippen molar-refractivity contribution in [2.24, 2.45) is 0 Å². The average Bonchev–Trinajstić information content (AvgIpc) is 3.25. The second-order valence-electron chi connectivity index (χ2n) is 16.6. The van der Waals surface area contributed by atoms with Crippen molar-refractivity contribution in [1.82, 2.24) is 0 Å². The number of benzene rings is 8. The molecule has 0 radical (unpaired) electrons. The van der Waals surface area contributed by atoms with Crippen LogP contribution in [0.25, 0.3) is 0 Å². The summed E-state index contributed by atoms with van der Waals surface area (Å²) in [5.74, 6) is 0. The zero-order chi connectivity index (χ0) is 36.5. The third kappa shape index (κ3) is 4.25. The van der Waals surface area contributed by atoms with E-state index in [1.54, 1.807) is 10.9 Å². The normalized spacial score (nSPS) is 14.7. The number of anilines is 3. The first-order chi connectivity index (χ1) is 27.8. The van der Waals surface area contributed by atoms with Crippen molar-refractivity contribution in [3.05, 3.63) is 214 Å². The van der Waals surface area contributed by atoms with Crippen LogP contribution in [0.4, 0.5) is 17.1 Å². The lowest BCUT2D eigenvalue weighted by Gasteiger charge is -2.43. The first-order valence-electron chi connectivity index (χ1n) is 20.4. The number of hydrogen-bond acceptors (Lipinski definition) is 1. The van der Waals surface area contributed by atoms with Gasteiger partial charge in [-0.15, -0.1) is 0 Å². The highest BCUT2D eigenvalue weighted by molar-refractivity contribution is 7.02. The maximum absolute atomic E-state index is 2.69. The molecule has 0 atom stereocenters. The lowest BCUT2D eigenvalue weighted by atomic mass is 9.26. The van der Waals surface area contributed by atoms with E-state index in [1.165, 1.54) is 99.8 Å². The Bertz CT molecular complexity index is 2950. The summed E-state index contributed by atoms with van der Waals surface area (Å²) in [6.07, 6.45) is 3.92. The molecule has 0 aliphatic carbocycles. The highest BCUT2D eigenvalue weighted by Gasteiger charge is 2.45. The molecule has 0 N–H and O–H groups in total. The summed E-state index contributed by atoms with van der Waals surface area (Å²) in [6.45, 7) is 0.601. The molecule has 5 aliphatic rings. The van der Waals surface area contributed by atoms with Gasteiger partial charge >= 0.3 is 0 Å². The van der Waals surface area contributed by atoms with E-state index in [4.69, 9.17) is 0 Å². The number of fused-ring (bicyclic) bond motifs is 11. The summed E-state index contributed by atoms with van der Waals surface area (Å²) in [7, 11) is 0. The minimum Gasteiger partial charge on any atom is -0.312 e. The number of para-hydroxylation sites is 2. The van der Waals surface area contributed by atoms with Crippen LogP contribution in [-0.4, -0.2) is 20.1 Å². The summed E-state index contributed by atoms with van der Waals surface area (Å²) >= 11 is 0. The van der Waals surface area contributed by atoms with Crippen molar-refractivity contribution in [2.75, 3.05) is 4.90 Å². The van der Waals surface area contributed by atoms with Crippen LogP contribution in [0, 0.1) is 0 Å². The second-order valence-corrected chi connectivity index (χ2v) is 16.6. The molecule has 0 saturated carbocycles. The molecule has 0 bridgehead atoms. The molecule has 5 aliphatic heterocycles. The molecule has 56 heavy (non-hydrogen) atoms. The number of rotatable bonds is 2. The Morgan fingerprint density at radius 1 is 0.321 bits per heavy atom. The molecule has 0 saturated heterocycles. The zero-order valence-electron chi connectivity index (χ0n) is 31.2. The van der Waals surface area contributed by atoms with Crippen LogP contribution in [0.15, 0.2) is 170 Å². The Labute approximate surface area is 329 Å². The van der Waals surface area contributed by atoms with Gasteiger partial charge < -0.3 is 4.90 Å². The monoisotopic (exact) mass is 707 g/mol. The zero-order valence-corrected chi connectivity index (χ0v) is 31.2. The molecule has 8 aromatic carbocycles. The summed E-state index contributed by atoms with van der Waals surface area (Å²) in [5, 5.41) is 0. The third-order valence-corrected chi connectivity index (χ3v) is 13.9. The summed E-state index contributed by atoms with van der Waals surface area (Å²) in [6, 6.07) is 65.1. The van der Waals surface area contributed by atoms with Crippen LogP contribution in [0.1, 0.15) is 44.5 Å². The summed E-state index contributed by atoms with van der Waals surface area (Å²) in [5.41, 5.74) is 29.1. The van der Waals surface area contributed by atoms with Crippen molar-refractivity contribution < 1.29 is 0 Å². The van der Waals surface area contributed by atoms with Gasteiger partial charge in [-0.3, -0.25) is 0 Å². The fourth-order valence-corrected chi connectivity index (χ4v) is 11.7. The van der Waals surface area contributed by atoms with Crippen LogP contribution >= 0.6 is 0 Å². The molecule has 1 nitrogen and oxygen atoms in total. The molecular weight excluding hydrogens is 671 g/mol. The van der Waals surface area contributed by atoms with Crippen LogP contribution in [0.5, 0.6) is 0 Å². The summed E-state index contributed by atoms with van der Waals surface area (Å²) in [4.78, 5) is 2.56. The largest absolute Gasteiger partial charge is 0.312 e. The van der Waals surface area contributed by atoms with Gasteiger partial charge in [-0.05, 0) is 99.8 Å². The highest BCUT2D eigenvalue weighted by Crippen LogP contribution is 2.39. The maximum Gasteiger partial charge on any atom is 0.247 e. The minimum absolute atomic E-state index is 0.128. The Hall–Kier alpha value is -6.25. The molecular formula is C52H36B3N. The van der Waals surface area contributed by atoms with Gasteiger partial charge in [0.2, 0.25) is 20.1 Å². The summed E-state index contributed by atoms with van der Waals surface area (Å²) < 4.78 is 0. The van der Waals surface area contributed by atoms with Crippen LogP contribution in [0.2, 0.25) is 0 Å². The smallest absolute Gasteiger partial charge is 0.247 e. The van der Waals surface area contributed by atoms with Gasteiger partial charge in [0.1, 0.15) is 0 Å².